The third-order valence-corrected chi connectivity index (χ3v) is 7.91. The Morgan fingerprint density at radius 2 is 2.06 bits per heavy atom. The standard InChI is InChI=1S/C24H33FN6O/c1-15-7-8-19(25)21(27-15)28-20-17-13-31(23(3,4)18(17)11-26-20)22(32)30-14-24(5)9-6-10-29(24)12-16(30)2/h7-8,16H,6,9-14H2,1-5H3,(H,26,27,28)/t16-,24+/m0/s1. The van der Waals surface area contributed by atoms with E-state index in [0.29, 0.717) is 18.9 Å². The Balaban J connectivity index is 1.36. The van der Waals surface area contributed by atoms with E-state index in [-0.39, 0.29) is 23.4 Å². The first-order valence-electron chi connectivity index (χ1n) is 11.6. The smallest absolute Gasteiger partial charge is 0.321 e. The van der Waals surface area contributed by atoms with Gasteiger partial charge in [0.25, 0.3) is 0 Å². The summed E-state index contributed by atoms with van der Waals surface area (Å²) in [6.45, 7) is 14.3. The van der Waals surface area contributed by atoms with E-state index < -0.39 is 11.4 Å². The number of hydrogen-bond acceptors (Lipinski definition) is 5. The molecule has 0 saturated carbocycles. The van der Waals surface area contributed by atoms with Gasteiger partial charge in [-0.2, -0.15) is 0 Å². The maximum atomic E-state index is 14.3. The fraction of sp³-hybridized carbons (Fsp3) is 0.625. The molecule has 7 nitrogen and oxygen atoms in total. The van der Waals surface area contributed by atoms with Crippen molar-refractivity contribution in [3.63, 3.8) is 0 Å². The van der Waals surface area contributed by atoms with E-state index in [1.54, 1.807) is 6.07 Å². The number of carbonyl (C=O) groups excluding carboxylic acids is 1. The number of amidine groups is 1. The van der Waals surface area contributed by atoms with Crippen LogP contribution in [-0.2, 0) is 0 Å². The molecule has 4 aliphatic heterocycles. The Labute approximate surface area is 189 Å². The van der Waals surface area contributed by atoms with Gasteiger partial charge in [-0.1, -0.05) is 0 Å². The van der Waals surface area contributed by atoms with E-state index in [1.807, 2.05) is 11.8 Å². The van der Waals surface area contributed by atoms with Gasteiger partial charge >= 0.3 is 6.03 Å². The van der Waals surface area contributed by atoms with Gasteiger partial charge in [0.15, 0.2) is 11.6 Å². The van der Waals surface area contributed by atoms with E-state index in [0.717, 1.165) is 42.9 Å². The predicted molar refractivity (Wildman–Crippen MR) is 123 cm³/mol. The van der Waals surface area contributed by atoms with E-state index in [2.05, 4.69) is 52.8 Å². The summed E-state index contributed by atoms with van der Waals surface area (Å²) in [5.74, 6) is 0.397. The van der Waals surface area contributed by atoms with Crippen molar-refractivity contribution in [2.75, 3.05) is 38.0 Å². The molecule has 0 aromatic carbocycles. The van der Waals surface area contributed by atoms with Gasteiger partial charge in [0.1, 0.15) is 5.84 Å². The minimum Gasteiger partial charge on any atom is -0.322 e. The van der Waals surface area contributed by atoms with Crippen LogP contribution in [-0.4, -0.2) is 81.4 Å². The quantitative estimate of drug-likeness (QED) is 0.727. The first kappa shape index (κ1) is 21.4. The molecule has 5 heterocycles. The molecule has 1 N–H and O–H groups in total. The number of nitrogens with zero attached hydrogens (tertiary/aromatic N) is 5. The fourth-order valence-corrected chi connectivity index (χ4v) is 5.83. The van der Waals surface area contributed by atoms with Crippen LogP contribution in [0.15, 0.2) is 28.3 Å². The van der Waals surface area contributed by atoms with Crippen molar-refractivity contribution in [2.24, 2.45) is 4.99 Å². The highest BCUT2D eigenvalue weighted by Gasteiger charge is 2.50. The normalized spacial score (nSPS) is 29.3. The number of aliphatic imine (C=N–C) groups is 1. The zero-order valence-corrected chi connectivity index (χ0v) is 19.7. The van der Waals surface area contributed by atoms with E-state index >= 15 is 0 Å². The number of amides is 2. The van der Waals surface area contributed by atoms with E-state index in [1.165, 1.54) is 12.5 Å². The second-order valence-corrected chi connectivity index (χ2v) is 10.5. The summed E-state index contributed by atoms with van der Waals surface area (Å²) < 4.78 is 14.3. The number of halogens is 1. The van der Waals surface area contributed by atoms with Crippen LogP contribution in [0.2, 0.25) is 0 Å². The van der Waals surface area contributed by atoms with Gasteiger partial charge in [0.05, 0.1) is 18.6 Å². The fourth-order valence-electron chi connectivity index (χ4n) is 5.83. The minimum absolute atomic E-state index is 0.0741. The number of pyridine rings is 1. The van der Waals surface area contributed by atoms with E-state index in [4.69, 9.17) is 0 Å². The van der Waals surface area contributed by atoms with Crippen LogP contribution < -0.4 is 5.32 Å². The predicted octanol–water partition coefficient (Wildman–Crippen LogP) is 3.42. The van der Waals surface area contributed by atoms with Gasteiger partial charge in [0.2, 0.25) is 0 Å². The number of nitrogens with one attached hydrogen (secondary N) is 1. The number of carbonyl (C=O) groups is 1. The highest BCUT2D eigenvalue weighted by molar-refractivity contribution is 6.11. The summed E-state index contributed by atoms with van der Waals surface area (Å²) in [5, 5.41) is 3.09. The second-order valence-electron chi connectivity index (χ2n) is 10.5. The molecule has 32 heavy (non-hydrogen) atoms. The Morgan fingerprint density at radius 3 is 2.84 bits per heavy atom. The lowest BCUT2D eigenvalue weighted by Crippen LogP contribution is -2.65. The van der Waals surface area contributed by atoms with Crippen molar-refractivity contribution < 1.29 is 9.18 Å². The van der Waals surface area contributed by atoms with Gasteiger partial charge in [-0.15, -0.1) is 0 Å². The minimum atomic E-state index is -0.439. The molecule has 1 aromatic rings. The molecular formula is C24H33FN6O. The van der Waals surface area contributed by atoms with Gasteiger partial charge in [-0.3, -0.25) is 9.89 Å². The molecule has 8 heteroatoms. The first-order valence-corrected chi connectivity index (χ1v) is 11.6. The van der Waals surface area contributed by atoms with Gasteiger partial charge in [-0.05, 0) is 71.7 Å². The summed E-state index contributed by atoms with van der Waals surface area (Å²) in [6, 6.07) is 3.32. The van der Waals surface area contributed by atoms with Gasteiger partial charge < -0.3 is 15.1 Å². The molecule has 2 amide bonds. The lowest BCUT2D eigenvalue weighted by Gasteiger charge is -2.50. The molecule has 1 aromatic heterocycles. The van der Waals surface area contributed by atoms with Crippen LogP contribution in [0.1, 0.15) is 46.2 Å². The molecule has 0 spiro atoms. The van der Waals surface area contributed by atoms with Crippen molar-refractivity contribution >= 4 is 17.7 Å². The maximum Gasteiger partial charge on any atom is 0.321 e. The second kappa shape index (κ2) is 7.27. The van der Waals surface area contributed by atoms with Gasteiger partial charge in [-0.25, -0.2) is 14.2 Å². The van der Waals surface area contributed by atoms with Crippen LogP contribution in [0.4, 0.5) is 15.0 Å². The molecular weight excluding hydrogens is 407 g/mol. The van der Waals surface area contributed by atoms with Crippen molar-refractivity contribution in [1.82, 2.24) is 19.7 Å². The zero-order chi connectivity index (χ0) is 22.8. The molecule has 2 atom stereocenters. The number of urea groups is 1. The SMILES string of the molecule is Cc1ccc(F)c(NC2=NCC3=C2CN(C(=O)N2C[C@@]4(C)CCCN4C[C@@H]2C)C3(C)C)n1. The zero-order valence-electron chi connectivity index (χ0n) is 19.7. The molecule has 0 bridgehead atoms. The number of rotatable bonds is 1. The third-order valence-electron chi connectivity index (χ3n) is 7.91. The monoisotopic (exact) mass is 440 g/mol. The van der Waals surface area contributed by atoms with Crippen LogP contribution in [0.3, 0.4) is 0 Å². The van der Waals surface area contributed by atoms with Crippen molar-refractivity contribution in [1.29, 1.82) is 0 Å². The summed E-state index contributed by atoms with van der Waals surface area (Å²) in [5.41, 5.74) is 2.49. The van der Waals surface area contributed by atoms with Crippen LogP contribution in [0.25, 0.3) is 0 Å². The van der Waals surface area contributed by atoms with Crippen molar-refractivity contribution in [2.45, 2.75) is 64.6 Å². The Kier molecular flexibility index (Phi) is 4.85. The number of hydrogen-bond donors (Lipinski definition) is 1. The highest BCUT2D eigenvalue weighted by atomic mass is 19.1. The summed E-state index contributed by atoms with van der Waals surface area (Å²) in [7, 11) is 0. The number of piperazine rings is 1. The molecule has 0 unspecified atom stereocenters. The summed E-state index contributed by atoms with van der Waals surface area (Å²) >= 11 is 0. The van der Waals surface area contributed by atoms with Crippen molar-refractivity contribution in [3.05, 3.63) is 34.8 Å². The van der Waals surface area contributed by atoms with E-state index in [9.17, 15) is 9.18 Å². The van der Waals surface area contributed by atoms with Crippen LogP contribution >= 0.6 is 0 Å². The topological polar surface area (TPSA) is 64.1 Å². The average Bonchev–Trinajstić information content (AvgIpc) is 3.38. The highest BCUT2D eigenvalue weighted by Crippen LogP contribution is 2.41. The molecule has 2 saturated heterocycles. The average molecular weight is 441 g/mol. The number of aromatic nitrogens is 1. The Bertz CT molecular complexity index is 1030. The Hall–Kier alpha value is -2.48. The molecule has 5 rings (SSSR count). The summed E-state index contributed by atoms with van der Waals surface area (Å²) in [6.07, 6.45) is 2.34. The Morgan fingerprint density at radius 1 is 1.28 bits per heavy atom. The third kappa shape index (κ3) is 3.22. The number of aryl methyl sites for hydroxylation is 1. The molecule has 0 radical (unpaired) electrons. The molecule has 2 fully saturated rings. The molecule has 4 aliphatic rings. The van der Waals surface area contributed by atoms with Crippen molar-refractivity contribution in [3.8, 4) is 0 Å². The van der Waals surface area contributed by atoms with Crippen LogP contribution in [0.5, 0.6) is 0 Å². The largest absolute Gasteiger partial charge is 0.322 e. The lowest BCUT2D eigenvalue weighted by molar-refractivity contribution is 0.0119. The number of anilines is 1. The molecule has 0 aliphatic carbocycles. The van der Waals surface area contributed by atoms with Gasteiger partial charge in [0, 0.05) is 35.9 Å². The first-order chi connectivity index (χ1) is 15.1. The maximum absolute atomic E-state index is 14.3. The summed E-state index contributed by atoms with van der Waals surface area (Å²) in [4.78, 5) is 29.3. The number of fused-ring (bicyclic) bond motifs is 1. The lowest BCUT2D eigenvalue weighted by atomic mass is 9.93. The van der Waals surface area contributed by atoms with Crippen LogP contribution in [0, 0.1) is 12.7 Å². The molecule has 172 valence electrons.